The molecule has 2 aliphatic rings. The molecule has 1 aliphatic carbocycles. The maximum absolute atomic E-state index is 13.5. The number of fused-ring (bicyclic) bond motifs is 2. The van der Waals surface area contributed by atoms with Gasteiger partial charge in [0.2, 0.25) is 0 Å². The van der Waals surface area contributed by atoms with Crippen molar-refractivity contribution in [2.75, 3.05) is 11.9 Å². The first-order valence-electron chi connectivity index (χ1n) is 10.3. The van der Waals surface area contributed by atoms with Gasteiger partial charge in [0.05, 0.1) is 34.6 Å². The zero-order valence-corrected chi connectivity index (χ0v) is 18.2. The third kappa shape index (κ3) is 4.01. The lowest BCUT2D eigenvalue weighted by Gasteiger charge is -2.34. The number of alkyl halides is 3. The highest BCUT2D eigenvalue weighted by atomic mass is 35.5. The average Bonchev–Trinajstić information content (AvgIpc) is 3.51. The lowest BCUT2D eigenvalue weighted by molar-refractivity contribution is -0.137. The molecule has 1 aliphatic heterocycles. The van der Waals surface area contributed by atoms with Gasteiger partial charge in [-0.2, -0.15) is 23.4 Å². The lowest BCUT2D eigenvalue weighted by atomic mass is 10.0. The fraction of sp³-hybridized carbons (Fsp3) is 0.381. The van der Waals surface area contributed by atoms with Crippen molar-refractivity contribution in [2.24, 2.45) is 5.92 Å². The van der Waals surface area contributed by atoms with Crippen LogP contribution in [0.1, 0.15) is 34.3 Å². The number of amides is 1. The number of hydrogen-bond acceptors (Lipinski definition) is 6. The van der Waals surface area contributed by atoms with Crippen LogP contribution in [0, 0.1) is 12.8 Å². The quantitative estimate of drug-likeness (QED) is 0.615. The molecular weight excluding hydrogens is 459 g/mol. The number of rotatable bonds is 4. The largest absolute Gasteiger partial charge is 0.417 e. The molecule has 0 spiro atoms. The molecule has 33 heavy (non-hydrogen) atoms. The van der Waals surface area contributed by atoms with E-state index in [0.717, 1.165) is 30.7 Å². The first-order chi connectivity index (χ1) is 15.7. The smallest absolute Gasteiger partial charge is 0.364 e. The summed E-state index contributed by atoms with van der Waals surface area (Å²) in [6.07, 6.45) is 2.46. The van der Waals surface area contributed by atoms with E-state index in [1.807, 2.05) is 6.92 Å². The molecule has 0 aromatic carbocycles. The van der Waals surface area contributed by atoms with Crippen molar-refractivity contribution in [2.45, 2.75) is 38.0 Å². The van der Waals surface area contributed by atoms with Crippen LogP contribution in [0.2, 0.25) is 5.02 Å². The Bertz CT molecular complexity index is 1200. The van der Waals surface area contributed by atoms with Crippen molar-refractivity contribution < 1.29 is 18.0 Å². The highest BCUT2D eigenvalue weighted by Crippen LogP contribution is 2.41. The normalized spacial score (nSPS) is 22.1. The molecule has 172 valence electrons. The Morgan fingerprint density at radius 3 is 2.58 bits per heavy atom. The Kier molecular flexibility index (Phi) is 5.23. The molecule has 2 bridgehead atoms. The third-order valence-electron chi connectivity index (χ3n) is 6.08. The van der Waals surface area contributed by atoms with E-state index >= 15 is 0 Å². The summed E-state index contributed by atoms with van der Waals surface area (Å²) in [4.78, 5) is 24.9. The number of carbonyl (C=O) groups excluding carboxylic acids is 1. The van der Waals surface area contributed by atoms with Crippen LogP contribution in [0.4, 0.5) is 19.0 Å². The average molecular weight is 478 g/mol. The van der Waals surface area contributed by atoms with Gasteiger partial charge < -0.3 is 10.2 Å². The van der Waals surface area contributed by atoms with Crippen LogP contribution in [-0.2, 0) is 6.18 Å². The van der Waals surface area contributed by atoms with Crippen molar-refractivity contribution in [1.29, 1.82) is 0 Å². The minimum Gasteiger partial charge on any atom is -0.364 e. The molecule has 2 fully saturated rings. The second-order valence-electron chi connectivity index (χ2n) is 8.37. The van der Waals surface area contributed by atoms with Crippen LogP contribution < -0.4 is 5.32 Å². The summed E-state index contributed by atoms with van der Waals surface area (Å²) in [6, 6.07) is 2.28. The van der Waals surface area contributed by atoms with E-state index < -0.39 is 11.7 Å². The Hall–Kier alpha value is -3.21. The fourth-order valence-corrected chi connectivity index (χ4v) is 4.87. The summed E-state index contributed by atoms with van der Waals surface area (Å²) in [7, 11) is 0. The molecule has 1 amide bonds. The standard InChI is InChI=1S/C21H19ClF3N7O/c1-11-4-14(19(27-8-11)32-28-2-3-29-32)20(33)31-10-12-5-16(17(31)6-12)30-18-15(22)7-13(9-26-18)21(23,24)25/h2-4,7-9,12,16-17H,5-6,10H2,1H3,(H,26,30). The molecule has 1 saturated heterocycles. The Morgan fingerprint density at radius 1 is 1.15 bits per heavy atom. The Labute approximate surface area is 191 Å². The molecule has 3 unspecified atom stereocenters. The maximum atomic E-state index is 13.5. The van der Waals surface area contributed by atoms with Crippen molar-refractivity contribution in [3.05, 3.63) is 58.6 Å². The number of hydrogen-bond donors (Lipinski definition) is 1. The summed E-state index contributed by atoms with van der Waals surface area (Å²) >= 11 is 6.08. The molecule has 4 heterocycles. The van der Waals surface area contributed by atoms with E-state index in [0.29, 0.717) is 17.9 Å². The summed E-state index contributed by atoms with van der Waals surface area (Å²) in [5.74, 6) is 0.598. The summed E-state index contributed by atoms with van der Waals surface area (Å²) < 4.78 is 38.7. The first kappa shape index (κ1) is 21.6. The van der Waals surface area contributed by atoms with Gasteiger partial charge in [0.1, 0.15) is 5.82 Å². The third-order valence-corrected chi connectivity index (χ3v) is 6.36. The maximum Gasteiger partial charge on any atom is 0.417 e. The van der Waals surface area contributed by atoms with Gasteiger partial charge in [-0.3, -0.25) is 4.79 Å². The van der Waals surface area contributed by atoms with E-state index in [1.54, 1.807) is 17.2 Å². The molecule has 0 radical (unpaired) electrons. The highest BCUT2D eigenvalue weighted by molar-refractivity contribution is 6.33. The monoisotopic (exact) mass is 477 g/mol. The number of aryl methyl sites for hydroxylation is 1. The Balaban J connectivity index is 1.39. The van der Waals surface area contributed by atoms with Gasteiger partial charge in [-0.05, 0) is 43.4 Å². The van der Waals surface area contributed by atoms with Crippen LogP contribution in [0.25, 0.3) is 5.82 Å². The number of likely N-dealkylation sites (tertiary alicyclic amines) is 1. The Morgan fingerprint density at radius 2 is 1.91 bits per heavy atom. The zero-order valence-electron chi connectivity index (χ0n) is 17.4. The molecule has 3 aromatic heterocycles. The van der Waals surface area contributed by atoms with E-state index in [4.69, 9.17) is 11.6 Å². The van der Waals surface area contributed by atoms with Gasteiger partial charge in [0, 0.05) is 25.0 Å². The van der Waals surface area contributed by atoms with Crippen molar-refractivity contribution in [3.63, 3.8) is 0 Å². The topological polar surface area (TPSA) is 88.8 Å². The molecule has 1 N–H and O–H groups in total. The number of anilines is 1. The number of halogens is 4. The lowest BCUT2D eigenvalue weighted by Crippen LogP contribution is -2.48. The van der Waals surface area contributed by atoms with E-state index in [9.17, 15) is 18.0 Å². The molecule has 12 heteroatoms. The van der Waals surface area contributed by atoms with Crippen molar-refractivity contribution in [3.8, 4) is 5.82 Å². The molecule has 5 rings (SSSR count). The van der Waals surface area contributed by atoms with Crippen molar-refractivity contribution in [1.82, 2.24) is 29.9 Å². The summed E-state index contributed by atoms with van der Waals surface area (Å²) in [5.41, 5.74) is 0.312. The number of nitrogens with zero attached hydrogens (tertiary/aromatic N) is 6. The highest BCUT2D eigenvalue weighted by Gasteiger charge is 2.47. The predicted octanol–water partition coefficient (Wildman–Crippen LogP) is 3.75. The zero-order chi connectivity index (χ0) is 23.3. The minimum atomic E-state index is -4.52. The van der Waals surface area contributed by atoms with Gasteiger partial charge in [0.15, 0.2) is 5.82 Å². The fourth-order valence-electron chi connectivity index (χ4n) is 4.65. The van der Waals surface area contributed by atoms with E-state index in [1.165, 1.54) is 17.2 Å². The summed E-state index contributed by atoms with van der Waals surface area (Å²) in [5, 5.41) is 11.2. The van der Waals surface area contributed by atoms with E-state index in [-0.39, 0.29) is 34.7 Å². The molecule has 8 nitrogen and oxygen atoms in total. The summed E-state index contributed by atoms with van der Waals surface area (Å²) in [6.45, 7) is 2.44. The van der Waals surface area contributed by atoms with Crippen LogP contribution in [-0.4, -0.2) is 54.4 Å². The number of aromatic nitrogens is 5. The number of carbonyl (C=O) groups is 1. The molecule has 1 saturated carbocycles. The van der Waals surface area contributed by atoms with E-state index in [2.05, 4.69) is 25.5 Å². The van der Waals surface area contributed by atoms with Crippen LogP contribution in [0.5, 0.6) is 0 Å². The minimum absolute atomic E-state index is 0.111. The number of nitrogens with one attached hydrogen (secondary N) is 1. The predicted molar refractivity (Wildman–Crippen MR) is 113 cm³/mol. The van der Waals surface area contributed by atoms with Crippen LogP contribution in [0.15, 0.2) is 36.9 Å². The van der Waals surface area contributed by atoms with Gasteiger partial charge >= 0.3 is 6.18 Å². The number of pyridine rings is 2. The van der Waals surface area contributed by atoms with Crippen molar-refractivity contribution >= 4 is 23.3 Å². The van der Waals surface area contributed by atoms with Crippen LogP contribution >= 0.6 is 11.6 Å². The van der Waals surface area contributed by atoms with Crippen LogP contribution in [0.3, 0.4) is 0 Å². The molecular formula is C21H19ClF3N7O. The van der Waals surface area contributed by atoms with Gasteiger partial charge in [-0.15, -0.1) is 4.80 Å². The molecule has 3 aromatic rings. The number of piperidine rings is 1. The second-order valence-corrected chi connectivity index (χ2v) is 8.77. The van der Waals surface area contributed by atoms with Gasteiger partial charge in [-0.1, -0.05) is 11.6 Å². The van der Waals surface area contributed by atoms with Gasteiger partial charge in [-0.25, -0.2) is 9.97 Å². The second kappa shape index (κ2) is 7.98. The first-order valence-corrected chi connectivity index (χ1v) is 10.7. The van der Waals surface area contributed by atoms with Gasteiger partial charge in [0.25, 0.3) is 5.91 Å². The SMILES string of the molecule is Cc1cnc(-n2nccn2)c(C(=O)N2CC3CC(Nc4ncc(C(F)(F)F)cc4Cl)C2C3)c1. The molecule has 3 atom stereocenters.